The van der Waals surface area contributed by atoms with Crippen LogP contribution in [0.4, 0.5) is 10.2 Å². The highest BCUT2D eigenvalue weighted by Crippen LogP contribution is 2.18. The average Bonchev–Trinajstić information content (AvgIpc) is 2.74. The normalized spacial score (nSPS) is 14.3. The van der Waals surface area contributed by atoms with E-state index in [1.54, 1.807) is 17.0 Å². The maximum atomic E-state index is 12.9. The number of anilines is 1. The van der Waals surface area contributed by atoms with E-state index in [9.17, 15) is 9.18 Å². The standard InChI is InChI=1S/C21H27FN4O3/c1-16(2)12-29-20-11-19(23-15-24-20)25-7-9-26(10-8-25)21(27)14-28-13-17-3-5-18(22)6-4-17/h3-6,11,15-16H,7-10,12-14H2,1-2H3. The highest BCUT2D eigenvalue weighted by molar-refractivity contribution is 5.77. The Bertz CT molecular complexity index is 793. The van der Waals surface area contributed by atoms with Crippen molar-refractivity contribution < 1.29 is 18.7 Å². The van der Waals surface area contributed by atoms with E-state index >= 15 is 0 Å². The molecule has 0 unspecified atom stereocenters. The molecule has 0 radical (unpaired) electrons. The number of nitrogens with zero attached hydrogens (tertiary/aromatic N) is 4. The topological polar surface area (TPSA) is 67.8 Å². The minimum atomic E-state index is -0.287. The largest absolute Gasteiger partial charge is 0.477 e. The van der Waals surface area contributed by atoms with Crippen LogP contribution in [-0.4, -0.2) is 60.2 Å². The molecule has 8 heteroatoms. The summed E-state index contributed by atoms with van der Waals surface area (Å²) in [6.07, 6.45) is 1.51. The van der Waals surface area contributed by atoms with Gasteiger partial charge in [-0.1, -0.05) is 26.0 Å². The van der Waals surface area contributed by atoms with Crippen molar-refractivity contribution in [2.24, 2.45) is 5.92 Å². The number of carbonyl (C=O) groups is 1. The Morgan fingerprint density at radius 1 is 1.14 bits per heavy atom. The summed E-state index contributed by atoms with van der Waals surface area (Å²) in [6, 6.07) is 7.91. The molecule has 1 aromatic carbocycles. The Morgan fingerprint density at radius 2 is 1.86 bits per heavy atom. The Labute approximate surface area is 170 Å². The molecule has 0 atom stereocenters. The van der Waals surface area contributed by atoms with Crippen LogP contribution in [0.3, 0.4) is 0 Å². The van der Waals surface area contributed by atoms with Crippen molar-refractivity contribution in [2.75, 3.05) is 44.3 Å². The van der Waals surface area contributed by atoms with Crippen LogP contribution in [0.5, 0.6) is 5.88 Å². The fraction of sp³-hybridized carbons (Fsp3) is 0.476. The van der Waals surface area contributed by atoms with Crippen molar-refractivity contribution in [3.63, 3.8) is 0 Å². The Kier molecular flexibility index (Phi) is 7.35. The maximum absolute atomic E-state index is 12.9. The lowest BCUT2D eigenvalue weighted by Crippen LogP contribution is -2.50. The summed E-state index contributed by atoms with van der Waals surface area (Å²) in [4.78, 5) is 24.8. The third kappa shape index (κ3) is 6.39. The highest BCUT2D eigenvalue weighted by Gasteiger charge is 2.22. The zero-order valence-electron chi connectivity index (χ0n) is 16.9. The Balaban J connectivity index is 1.43. The minimum absolute atomic E-state index is 0.0120. The lowest BCUT2D eigenvalue weighted by Gasteiger charge is -2.35. The number of hydrogen-bond acceptors (Lipinski definition) is 6. The summed E-state index contributed by atoms with van der Waals surface area (Å²) in [5.41, 5.74) is 0.836. The molecule has 1 amide bonds. The van der Waals surface area contributed by atoms with Gasteiger partial charge < -0.3 is 19.3 Å². The number of amides is 1. The van der Waals surface area contributed by atoms with Gasteiger partial charge in [-0.25, -0.2) is 14.4 Å². The van der Waals surface area contributed by atoms with Crippen LogP contribution in [-0.2, 0) is 16.1 Å². The van der Waals surface area contributed by atoms with Crippen molar-refractivity contribution >= 4 is 11.7 Å². The summed E-state index contributed by atoms with van der Waals surface area (Å²) in [5, 5.41) is 0. The second-order valence-electron chi connectivity index (χ2n) is 7.41. The molecule has 1 fully saturated rings. The zero-order valence-corrected chi connectivity index (χ0v) is 16.9. The fourth-order valence-electron chi connectivity index (χ4n) is 2.95. The zero-order chi connectivity index (χ0) is 20.6. The number of rotatable bonds is 8. The molecule has 2 heterocycles. The van der Waals surface area contributed by atoms with E-state index < -0.39 is 0 Å². The molecule has 0 saturated carbocycles. The van der Waals surface area contributed by atoms with Gasteiger partial charge in [0.15, 0.2) is 0 Å². The van der Waals surface area contributed by atoms with Crippen molar-refractivity contribution in [3.8, 4) is 5.88 Å². The number of piperazine rings is 1. The number of hydrogen-bond donors (Lipinski definition) is 0. The first-order valence-electron chi connectivity index (χ1n) is 9.81. The molecule has 0 N–H and O–H groups in total. The minimum Gasteiger partial charge on any atom is -0.477 e. The molecular formula is C21H27FN4O3. The third-order valence-electron chi connectivity index (χ3n) is 4.56. The smallest absolute Gasteiger partial charge is 0.248 e. The molecular weight excluding hydrogens is 375 g/mol. The summed E-state index contributed by atoms with van der Waals surface area (Å²) < 4.78 is 24.1. The van der Waals surface area contributed by atoms with Gasteiger partial charge in [0.25, 0.3) is 0 Å². The molecule has 29 heavy (non-hydrogen) atoms. The molecule has 0 bridgehead atoms. The Morgan fingerprint density at radius 3 is 2.55 bits per heavy atom. The first kappa shape index (κ1) is 21.0. The van der Waals surface area contributed by atoms with Crippen molar-refractivity contribution in [3.05, 3.63) is 48.0 Å². The van der Waals surface area contributed by atoms with Gasteiger partial charge in [-0.05, 0) is 23.6 Å². The summed E-state index contributed by atoms with van der Waals surface area (Å²) in [5.74, 6) is 1.46. The third-order valence-corrected chi connectivity index (χ3v) is 4.56. The van der Waals surface area contributed by atoms with Crippen LogP contribution in [0, 0.1) is 11.7 Å². The van der Waals surface area contributed by atoms with E-state index in [2.05, 4.69) is 28.7 Å². The number of aromatic nitrogens is 2. The van der Waals surface area contributed by atoms with Gasteiger partial charge >= 0.3 is 0 Å². The van der Waals surface area contributed by atoms with Crippen molar-refractivity contribution in [1.29, 1.82) is 0 Å². The van der Waals surface area contributed by atoms with Crippen LogP contribution in [0.2, 0.25) is 0 Å². The predicted octanol–water partition coefficient (Wildman–Crippen LogP) is 2.52. The van der Waals surface area contributed by atoms with E-state index in [-0.39, 0.29) is 24.9 Å². The van der Waals surface area contributed by atoms with Crippen molar-refractivity contribution in [2.45, 2.75) is 20.5 Å². The van der Waals surface area contributed by atoms with Crippen LogP contribution in [0.1, 0.15) is 19.4 Å². The number of carbonyl (C=O) groups excluding carboxylic acids is 1. The predicted molar refractivity (Wildman–Crippen MR) is 107 cm³/mol. The van der Waals surface area contributed by atoms with Gasteiger partial charge in [-0.3, -0.25) is 4.79 Å². The lowest BCUT2D eigenvalue weighted by molar-refractivity contribution is -0.136. The van der Waals surface area contributed by atoms with Gasteiger partial charge in [0.2, 0.25) is 11.8 Å². The average molecular weight is 402 g/mol. The maximum Gasteiger partial charge on any atom is 0.248 e. The molecule has 0 aliphatic carbocycles. The van der Waals surface area contributed by atoms with E-state index in [1.807, 2.05) is 6.07 Å². The van der Waals surface area contributed by atoms with E-state index in [0.29, 0.717) is 44.6 Å². The van der Waals surface area contributed by atoms with Gasteiger partial charge in [-0.2, -0.15) is 0 Å². The van der Waals surface area contributed by atoms with Crippen LogP contribution in [0.15, 0.2) is 36.7 Å². The summed E-state index contributed by atoms with van der Waals surface area (Å²) in [7, 11) is 0. The van der Waals surface area contributed by atoms with Crippen molar-refractivity contribution in [1.82, 2.24) is 14.9 Å². The van der Waals surface area contributed by atoms with E-state index in [1.165, 1.54) is 18.5 Å². The summed E-state index contributed by atoms with van der Waals surface area (Å²) >= 11 is 0. The first-order chi connectivity index (χ1) is 14.0. The SMILES string of the molecule is CC(C)COc1cc(N2CCN(C(=O)COCc3ccc(F)cc3)CC2)ncn1. The second-order valence-corrected chi connectivity index (χ2v) is 7.41. The molecule has 3 rings (SSSR count). The molecule has 0 spiro atoms. The lowest BCUT2D eigenvalue weighted by atomic mass is 10.2. The molecule has 1 aliphatic rings. The number of ether oxygens (including phenoxy) is 2. The summed E-state index contributed by atoms with van der Waals surface area (Å²) in [6.45, 7) is 7.65. The highest BCUT2D eigenvalue weighted by atomic mass is 19.1. The van der Waals surface area contributed by atoms with Gasteiger partial charge in [0.1, 0.15) is 24.6 Å². The molecule has 1 saturated heterocycles. The van der Waals surface area contributed by atoms with E-state index in [4.69, 9.17) is 9.47 Å². The first-order valence-corrected chi connectivity index (χ1v) is 9.81. The van der Waals surface area contributed by atoms with Gasteiger partial charge in [0.05, 0.1) is 13.2 Å². The van der Waals surface area contributed by atoms with Crippen LogP contribution in [0.25, 0.3) is 0 Å². The van der Waals surface area contributed by atoms with E-state index in [0.717, 1.165) is 11.4 Å². The fourth-order valence-corrected chi connectivity index (χ4v) is 2.95. The molecule has 1 aromatic heterocycles. The van der Waals surface area contributed by atoms with Gasteiger partial charge in [-0.15, -0.1) is 0 Å². The number of benzene rings is 1. The second kappa shape index (κ2) is 10.2. The Hall–Kier alpha value is -2.74. The molecule has 2 aromatic rings. The quantitative estimate of drug-likeness (QED) is 0.676. The van der Waals surface area contributed by atoms with Crippen LogP contribution >= 0.6 is 0 Å². The molecule has 1 aliphatic heterocycles. The number of halogens is 1. The van der Waals surface area contributed by atoms with Crippen LogP contribution < -0.4 is 9.64 Å². The monoisotopic (exact) mass is 402 g/mol. The molecule has 7 nitrogen and oxygen atoms in total. The molecule has 156 valence electrons. The van der Waals surface area contributed by atoms with Gasteiger partial charge in [0, 0.05) is 32.2 Å².